The maximum atomic E-state index is 12.9. The molecule has 116 valence electrons. The normalized spacial score (nSPS) is 14.3. The van der Waals surface area contributed by atoms with Crippen molar-refractivity contribution in [3.8, 4) is 0 Å². The molecule has 0 fully saturated rings. The van der Waals surface area contributed by atoms with E-state index in [1.807, 2.05) is 19.1 Å². The molecule has 3 rings (SSSR count). The SMILES string of the molecule is CCN(C(=O)c1noc2c1CCCCC2)c1cccc(Cl)c1. The Morgan fingerprint density at radius 2 is 2.14 bits per heavy atom. The van der Waals surface area contributed by atoms with Gasteiger partial charge >= 0.3 is 0 Å². The van der Waals surface area contributed by atoms with E-state index in [0.29, 0.717) is 17.3 Å². The largest absolute Gasteiger partial charge is 0.360 e. The highest BCUT2D eigenvalue weighted by atomic mass is 35.5. The predicted octanol–water partition coefficient (Wildman–Crippen LogP) is 4.26. The number of amides is 1. The lowest BCUT2D eigenvalue weighted by atomic mass is 10.1. The van der Waals surface area contributed by atoms with Gasteiger partial charge in [-0.15, -0.1) is 0 Å². The number of hydrogen-bond acceptors (Lipinski definition) is 3. The van der Waals surface area contributed by atoms with E-state index in [9.17, 15) is 4.79 Å². The summed E-state index contributed by atoms with van der Waals surface area (Å²) in [4.78, 5) is 14.6. The van der Waals surface area contributed by atoms with E-state index in [4.69, 9.17) is 16.1 Å². The van der Waals surface area contributed by atoms with Gasteiger partial charge in [-0.25, -0.2) is 0 Å². The maximum absolute atomic E-state index is 12.9. The molecule has 0 spiro atoms. The van der Waals surface area contributed by atoms with Crippen molar-refractivity contribution in [2.75, 3.05) is 11.4 Å². The van der Waals surface area contributed by atoms with Crippen LogP contribution in [0.25, 0.3) is 0 Å². The zero-order valence-corrected chi connectivity index (χ0v) is 13.4. The molecule has 0 aliphatic heterocycles. The third kappa shape index (κ3) is 2.88. The zero-order chi connectivity index (χ0) is 15.5. The minimum atomic E-state index is -0.114. The highest BCUT2D eigenvalue weighted by molar-refractivity contribution is 6.31. The van der Waals surface area contributed by atoms with Crippen molar-refractivity contribution >= 4 is 23.2 Å². The van der Waals surface area contributed by atoms with E-state index >= 15 is 0 Å². The van der Waals surface area contributed by atoms with Gasteiger partial charge in [0, 0.05) is 29.2 Å². The Morgan fingerprint density at radius 3 is 2.91 bits per heavy atom. The van der Waals surface area contributed by atoms with Crippen molar-refractivity contribution in [1.82, 2.24) is 5.16 Å². The third-order valence-electron chi connectivity index (χ3n) is 4.08. The highest BCUT2D eigenvalue weighted by Crippen LogP contribution is 2.27. The smallest absolute Gasteiger partial charge is 0.280 e. The van der Waals surface area contributed by atoms with Crippen LogP contribution in [0.5, 0.6) is 0 Å². The summed E-state index contributed by atoms with van der Waals surface area (Å²) in [6.45, 7) is 2.50. The standard InChI is InChI=1S/C17H19ClN2O2/c1-2-20(13-8-6-7-12(18)11-13)17(21)16-14-9-4-3-5-10-15(14)22-19-16/h6-8,11H,2-5,9-10H2,1H3. The number of halogens is 1. The first kappa shape index (κ1) is 15.1. The predicted molar refractivity (Wildman–Crippen MR) is 86.6 cm³/mol. The quantitative estimate of drug-likeness (QED) is 0.794. The number of carbonyl (C=O) groups is 1. The summed E-state index contributed by atoms with van der Waals surface area (Å²) in [7, 11) is 0. The molecule has 0 saturated heterocycles. The molecule has 1 aromatic carbocycles. The average molecular weight is 319 g/mol. The second kappa shape index (κ2) is 6.53. The number of nitrogens with zero attached hydrogens (tertiary/aromatic N) is 2. The zero-order valence-electron chi connectivity index (χ0n) is 12.6. The summed E-state index contributed by atoms with van der Waals surface area (Å²) in [6, 6.07) is 7.32. The van der Waals surface area contributed by atoms with Gasteiger partial charge in [0.15, 0.2) is 5.69 Å². The fraction of sp³-hybridized carbons (Fsp3) is 0.412. The Balaban J connectivity index is 1.94. The number of aromatic nitrogens is 1. The van der Waals surface area contributed by atoms with Crippen molar-refractivity contribution in [3.05, 3.63) is 46.3 Å². The Bertz CT molecular complexity index is 681. The molecular weight excluding hydrogens is 300 g/mol. The first-order valence-electron chi connectivity index (χ1n) is 7.75. The summed E-state index contributed by atoms with van der Waals surface area (Å²) in [5.41, 5.74) is 2.23. The number of anilines is 1. The van der Waals surface area contributed by atoms with Crippen LogP contribution in [0.3, 0.4) is 0 Å². The van der Waals surface area contributed by atoms with E-state index in [-0.39, 0.29) is 5.91 Å². The van der Waals surface area contributed by atoms with Gasteiger partial charge in [-0.2, -0.15) is 0 Å². The van der Waals surface area contributed by atoms with Crippen LogP contribution >= 0.6 is 11.6 Å². The Labute approximate surface area is 135 Å². The molecule has 0 radical (unpaired) electrons. The van der Waals surface area contributed by atoms with Gasteiger partial charge in [0.2, 0.25) is 0 Å². The highest BCUT2D eigenvalue weighted by Gasteiger charge is 2.26. The number of hydrogen-bond donors (Lipinski definition) is 0. The molecule has 0 atom stereocenters. The molecule has 0 saturated carbocycles. The van der Waals surface area contributed by atoms with E-state index in [1.54, 1.807) is 17.0 Å². The molecule has 2 aromatic rings. The summed E-state index contributed by atoms with van der Waals surface area (Å²) >= 11 is 6.04. The van der Waals surface area contributed by atoms with Crippen LogP contribution in [0.1, 0.15) is 48.0 Å². The molecule has 22 heavy (non-hydrogen) atoms. The number of rotatable bonds is 3. The first-order valence-corrected chi connectivity index (χ1v) is 8.13. The van der Waals surface area contributed by atoms with Crippen molar-refractivity contribution < 1.29 is 9.32 Å². The second-order valence-corrected chi connectivity index (χ2v) is 5.96. The van der Waals surface area contributed by atoms with Crippen molar-refractivity contribution in [2.24, 2.45) is 0 Å². The molecule has 0 N–H and O–H groups in total. The summed E-state index contributed by atoms with van der Waals surface area (Å²) in [5.74, 6) is 0.764. The topological polar surface area (TPSA) is 46.3 Å². The van der Waals surface area contributed by atoms with Gasteiger partial charge < -0.3 is 9.42 Å². The second-order valence-electron chi connectivity index (χ2n) is 5.52. The summed E-state index contributed by atoms with van der Waals surface area (Å²) in [5, 5.41) is 4.67. The lowest BCUT2D eigenvalue weighted by Crippen LogP contribution is -2.31. The summed E-state index contributed by atoms with van der Waals surface area (Å²) in [6.07, 6.45) is 5.09. The van der Waals surface area contributed by atoms with E-state index in [1.165, 1.54) is 6.42 Å². The van der Waals surface area contributed by atoms with Crippen LogP contribution in [0, 0.1) is 0 Å². The molecule has 5 heteroatoms. The number of benzene rings is 1. The third-order valence-corrected chi connectivity index (χ3v) is 4.32. The summed E-state index contributed by atoms with van der Waals surface area (Å²) < 4.78 is 5.42. The molecule has 4 nitrogen and oxygen atoms in total. The van der Waals surface area contributed by atoms with E-state index in [0.717, 1.165) is 42.7 Å². The van der Waals surface area contributed by atoms with Crippen LogP contribution < -0.4 is 4.90 Å². The molecule has 0 unspecified atom stereocenters. The van der Waals surface area contributed by atoms with Gasteiger partial charge in [0.1, 0.15) is 5.76 Å². The Hall–Kier alpha value is -1.81. The van der Waals surface area contributed by atoms with Gasteiger partial charge in [-0.3, -0.25) is 4.79 Å². The Morgan fingerprint density at radius 1 is 1.32 bits per heavy atom. The Kier molecular flexibility index (Phi) is 4.48. The number of carbonyl (C=O) groups excluding carboxylic acids is 1. The molecular formula is C17H19ClN2O2. The molecule has 1 amide bonds. The molecule has 1 aliphatic rings. The fourth-order valence-corrected chi connectivity index (χ4v) is 3.13. The monoisotopic (exact) mass is 318 g/mol. The first-order chi connectivity index (χ1) is 10.7. The van der Waals surface area contributed by atoms with Crippen LogP contribution in [0.2, 0.25) is 5.02 Å². The minimum Gasteiger partial charge on any atom is -0.360 e. The lowest BCUT2D eigenvalue weighted by molar-refractivity contribution is 0.0978. The molecule has 1 aromatic heterocycles. The van der Waals surface area contributed by atoms with Gasteiger partial charge in [-0.1, -0.05) is 29.2 Å². The van der Waals surface area contributed by atoms with Gasteiger partial charge in [0.05, 0.1) is 0 Å². The van der Waals surface area contributed by atoms with Crippen LogP contribution in [0.15, 0.2) is 28.8 Å². The van der Waals surface area contributed by atoms with Crippen LogP contribution in [0.4, 0.5) is 5.69 Å². The lowest BCUT2D eigenvalue weighted by Gasteiger charge is -2.20. The maximum Gasteiger partial charge on any atom is 0.280 e. The van der Waals surface area contributed by atoms with Crippen molar-refractivity contribution in [1.29, 1.82) is 0 Å². The van der Waals surface area contributed by atoms with E-state index < -0.39 is 0 Å². The minimum absolute atomic E-state index is 0.114. The molecule has 1 aliphatic carbocycles. The van der Waals surface area contributed by atoms with E-state index in [2.05, 4.69) is 5.16 Å². The van der Waals surface area contributed by atoms with Crippen molar-refractivity contribution in [2.45, 2.75) is 39.0 Å². The average Bonchev–Trinajstić information content (AvgIpc) is 2.77. The number of fused-ring (bicyclic) bond motifs is 1. The molecule has 0 bridgehead atoms. The van der Waals surface area contributed by atoms with Crippen LogP contribution in [-0.2, 0) is 12.8 Å². The van der Waals surface area contributed by atoms with Crippen LogP contribution in [-0.4, -0.2) is 17.6 Å². The fourth-order valence-electron chi connectivity index (χ4n) is 2.94. The molecule has 1 heterocycles. The van der Waals surface area contributed by atoms with Gasteiger partial charge in [-0.05, 0) is 44.4 Å². The van der Waals surface area contributed by atoms with Gasteiger partial charge in [0.25, 0.3) is 5.91 Å². The number of aryl methyl sites for hydroxylation is 1. The van der Waals surface area contributed by atoms with Crippen molar-refractivity contribution in [3.63, 3.8) is 0 Å².